The third-order valence-electron chi connectivity index (χ3n) is 2.96. The molecule has 0 radical (unpaired) electrons. The van der Waals surface area contributed by atoms with Gasteiger partial charge in [-0.05, 0) is 24.6 Å². The van der Waals surface area contributed by atoms with E-state index in [1.54, 1.807) is 24.5 Å². The van der Waals surface area contributed by atoms with Gasteiger partial charge >= 0.3 is 0 Å². The van der Waals surface area contributed by atoms with Crippen LogP contribution in [0.25, 0.3) is 0 Å². The van der Waals surface area contributed by atoms with E-state index in [4.69, 9.17) is 0 Å². The second-order valence-corrected chi connectivity index (χ2v) is 6.33. The van der Waals surface area contributed by atoms with Crippen molar-refractivity contribution in [2.75, 3.05) is 6.26 Å². The van der Waals surface area contributed by atoms with Crippen molar-refractivity contribution >= 4 is 9.84 Å². The zero-order valence-corrected chi connectivity index (χ0v) is 11.6. The summed E-state index contributed by atoms with van der Waals surface area (Å²) in [5.74, 6) is 0.551. The van der Waals surface area contributed by atoms with E-state index < -0.39 is 15.9 Å². The van der Waals surface area contributed by atoms with Gasteiger partial charge in [0.2, 0.25) is 0 Å². The molecule has 1 atom stereocenters. The summed E-state index contributed by atoms with van der Waals surface area (Å²) in [6.45, 7) is 2.68. The van der Waals surface area contributed by atoms with Crippen LogP contribution in [-0.2, 0) is 16.4 Å². The molecule has 0 aliphatic heterocycles. The summed E-state index contributed by atoms with van der Waals surface area (Å²) in [5.41, 5.74) is 0.619. The summed E-state index contributed by atoms with van der Waals surface area (Å²) < 4.78 is 24.6. The van der Waals surface area contributed by atoms with E-state index in [-0.39, 0.29) is 4.90 Å². The normalized spacial score (nSPS) is 13.4. The van der Waals surface area contributed by atoms with E-state index in [1.165, 1.54) is 12.1 Å². The Bertz CT molecular complexity index is 659. The van der Waals surface area contributed by atoms with Crippen LogP contribution in [0, 0.1) is 0 Å². The monoisotopic (exact) mass is 280 g/mol. The van der Waals surface area contributed by atoms with Crippen LogP contribution < -0.4 is 0 Å². The lowest BCUT2D eigenvalue weighted by molar-refractivity contribution is 0.205. The number of aliphatic hydroxyl groups is 1. The zero-order chi connectivity index (χ0) is 14.0. The SMILES string of the molecule is CCn1ccnc1C(O)c1ccc(S(C)(=O)=O)cc1. The highest BCUT2D eigenvalue weighted by atomic mass is 32.2. The van der Waals surface area contributed by atoms with Gasteiger partial charge in [-0.1, -0.05) is 12.1 Å². The van der Waals surface area contributed by atoms with Crippen molar-refractivity contribution in [3.05, 3.63) is 48.0 Å². The number of imidazole rings is 1. The molecule has 0 spiro atoms. The number of aromatic nitrogens is 2. The number of nitrogens with zero attached hydrogens (tertiary/aromatic N) is 2. The molecule has 0 saturated carbocycles. The molecule has 102 valence electrons. The van der Waals surface area contributed by atoms with Gasteiger partial charge in [-0.25, -0.2) is 13.4 Å². The first-order valence-electron chi connectivity index (χ1n) is 5.92. The lowest BCUT2D eigenvalue weighted by atomic mass is 10.1. The fraction of sp³-hybridized carbons (Fsp3) is 0.308. The van der Waals surface area contributed by atoms with E-state index in [9.17, 15) is 13.5 Å². The van der Waals surface area contributed by atoms with Gasteiger partial charge in [-0.2, -0.15) is 0 Å². The molecule has 2 rings (SSSR count). The molecule has 0 amide bonds. The molecular weight excluding hydrogens is 264 g/mol. The summed E-state index contributed by atoms with van der Waals surface area (Å²) in [6.07, 6.45) is 3.72. The Morgan fingerprint density at radius 1 is 1.32 bits per heavy atom. The molecule has 2 aromatic rings. The van der Waals surface area contributed by atoms with Gasteiger partial charge in [-0.3, -0.25) is 0 Å². The first kappa shape index (κ1) is 13.8. The summed E-state index contributed by atoms with van der Waals surface area (Å²) in [4.78, 5) is 4.37. The number of hydrogen-bond donors (Lipinski definition) is 1. The van der Waals surface area contributed by atoms with E-state index in [0.717, 1.165) is 6.26 Å². The van der Waals surface area contributed by atoms with Crippen LogP contribution in [-0.4, -0.2) is 29.3 Å². The Hall–Kier alpha value is -1.66. The molecule has 1 aromatic heterocycles. The lowest BCUT2D eigenvalue weighted by Crippen LogP contribution is -2.09. The predicted octanol–water partition coefficient (Wildman–Crippen LogP) is 1.39. The third-order valence-corrected chi connectivity index (χ3v) is 4.09. The first-order valence-corrected chi connectivity index (χ1v) is 7.81. The van der Waals surface area contributed by atoms with E-state index >= 15 is 0 Å². The molecule has 5 nitrogen and oxygen atoms in total. The second-order valence-electron chi connectivity index (χ2n) is 4.32. The van der Waals surface area contributed by atoms with Crippen molar-refractivity contribution in [3.8, 4) is 0 Å². The van der Waals surface area contributed by atoms with Crippen LogP contribution in [0.1, 0.15) is 24.4 Å². The maximum Gasteiger partial charge on any atom is 0.175 e. The summed E-state index contributed by atoms with van der Waals surface area (Å²) in [5, 5.41) is 10.3. The van der Waals surface area contributed by atoms with Gasteiger partial charge in [0.25, 0.3) is 0 Å². The van der Waals surface area contributed by atoms with Crippen LogP contribution in [0.3, 0.4) is 0 Å². The molecule has 1 unspecified atom stereocenters. The van der Waals surface area contributed by atoms with Crippen LogP contribution in [0.15, 0.2) is 41.6 Å². The number of sulfone groups is 1. The van der Waals surface area contributed by atoms with E-state index in [1.807, 2.05) is 11.5 Å². The summed E-state index contributed by atoms with van der Waals surface area (Å²) in [7, 11) is -3.21. The van der Waals surface area contributed by atoms with Gasteiger partial charge in [0.1, 0.15) is 11.9 Å². The van der Waals surface area contributed by atoms with Crippen molar-refractivity contribution in [3.63, 3.8) is 0 Å². The van der Waals surface area contributed by atoms with Crippen molar-refractivity contribution in [2.24, 2.45) is 0 Å². The molecule has 0 bridgehead atoms. The molecule has 0 aliphatic rings. The maximum atomic E-state index is 11.4. The average Bonchev–Trinajstić information content (AvgIpc) is 2.85. The summed E-state index contributed by atoms with van der Waals surface area (Å²) >= 11 is 0. The molecule has 19 heavy (non-hydrogen) atoms. The quantitative estimate of drug-likeness (QED) is 0.918. The Morgan fingerprint density at radius 3 is 2.47 bits per heavy atom. The van der Waals surface area contributed by atoms with Crippen molar-refractivity contribution in [1.29, 1.82) is 0 Å². The second kappa shape index (κ2) is 5.14. The predicted molar refractivity (Wildman–Crippen MR) is 71.5 cm³/mol. The molecule has 0 saturated heterocycles. The largest absolute Gasteiger partial charge is 0.380 e. The standard InChI is InChI=1S/C13H16N2O3S/c1-3-15-9-8-14-13(15)12(16)10-4-6-11(7-5-10)19(2,17)18/h4-9,12,16H,3H2,1-2H3. The van der Waals surface area contributed by atoms with Gasteiger partial charge < -0.3 is 9.67 Å². The smallest absolute Gasteiger partial charge is 0.175 e. The Balaban J connectivity index is 2.33. The molecular formula is C13H16N2O3S. The Labute approximate surface area is 112 Å². The highest BCUT2D eigenvalue weighted by Crippen LogP contribution is 2.22. The molecule has 1 heterocycles. The third kappa shape index (κ3) is 2.85. The minimum absolute atomic E-state index is 0.238. The Kier molecular flexibility index (Phi) is 3.73. The summed E-state index contributed by atoms with van der Waals surface area (Å²) in [6, 6.07) is 6.20. The average molecular weight is 280 g/mol. The van der Waals surface area contributed by atoms with Gasteiger partial charge in [0.05, 0.1) is 4.90 Å². The number of aryl methyl sites for hydroxylation is 1. The molecule has 6 heteroatoms. The van der Waals surface area contributed by atoms with E-state index in [2.05, 4.69) is 4.98 Å². The van der Waals surface area contributed by atoms with Crippen molar-refractivity contribution < 1.29 is 13.5 Å². The molecule has 0 aliphatic carbocycles. The minimum Gasteiger partial charge on any atom is -0.380 e. The van der Waals surface area contributed by atoms with Gasteiger partial charge in [0.15, 0.2) is 9.84 Å². The highest BCUT2D eigenvalue weighted by molar-refractivity contribution is 7.90. The van der Waals surface area contributed by atoms with Crippen molar-refractivity contribution in [2.45, 2.75) is 24.5 Å². The number of benzene rings is 1. The fourth-order valence-electron chi connectivity index (χ4n) is 1.88. The fourth-order valence-corrected chi connectivity index (χ4v) is 2.51. The van der Waals surface area contributed by atoms with Gasteiger partial charge in [0, 0.05) is 25.2 Å². The lowest BCUT2D eigenvalue weighted by Gasteiger charge is -2.12. The number of hydrogen-bond acceptors (Lipinski definition) is 4. The maximum absolute atomic E-state index is 11.4. The number of aliphatic hydroxyl groups excluding tert-OH is 1. The van der Waals surface area contributed by atoms with Crippen LogP contribution in [0.2, 0.25) is 0 Å². The minimum atomic E-state index is -3.21. The number of rotatable bonds is 4. The van der Waals surface area contributed by atoms with Crippen molar-refractivity contribution in [1.82, 2.24) is 9.55 Å². The highest BCUT2D eigenvalue weighted by Gasteiger charge is 2.16. The van der Waals surface area contributed by atoms with Gasteiger partial charge in [-0.15, -0.1) is 0 Å². The van der Waals surface area contributed by atoms with Crippen LogP contribution in [0.4, 0.5) is 0 Å². The van der Waals surface area contributed by atoms with E-state index in [0.29, 0.717) is 17.9 Å². The molecule has 1 aromatic carbocycles. The Morgan fingerprint density at radius 2 is 1.95 bits per heavy atom. The van der Waals surface area contributed by atoms with Crippen LogP contribution in [0.5, 0.6) is 0 Å². The zero-order valence-electron chi connectivity index (χ0n) is 10.8. The molecule has 1 N–H and O–H groups in total. The van der Waals surface area contributed by atoms with Crippen LogP contribution >= 0.6 is 0 Å². The topological polar surface area (TPSA) is 72.2 Å². The first-order chi connectivity index (χ1) is 8.93. The molecule has 0 fully saturated rings.